The third kappa shape index (κ3) is 2.80. The van der Waals surface area contributed by atoms with Gasteiger partial charge in [0.1, 0.15) is 0 Å². The lowest BCUT2D eigenvalue weighted by Gasteiger charge is -2.43. The number of carboxylic acid groups (broad SMARTS) is 1. The number of aliphatic carboxylic acids is 1. The highest BCUT2D eigenvalue weighted by Crippen LogP contribution is 2.68. The number of aromatic nitrogens is 1. The number of nitrogens with zero attached hydrogens (tertiary/aromatic N) is 1. The van der Waals surface area contributed by atoms with E-state index in [1.165, 1.54) is 16.2 Å². The van der Waals surface area contributed by atoms with Gasteiger partial charge in [-0.3, -0.25) is 24.1 Å². The number of nitrogens with one attached hydrogen (secondary N) is 1. The number of benzene rings is 1. The topological polar surface area (TPSA) is 108 Å². The molecule has 4 aliphatic rings. The van der Waals surface area contributed by atoms with Gasteiger partial charge in [-0.15, -0.1) is 11.8 Å². The molecule has 166 valence electrons. The minimum absolute atomic E-state index is 0.0276. The van der Waals surface area contributed by atoms with Gasteiger partial charge in [0, 0.05) is 27.6 Å². The second-order valence-electron chi connectivity index (χ2n) is 8.98. The second-order valence-corrected chi connectivity index (χ2v) is 11.6. The summed E-state index contributed by atoms with van der Waals surface area (Å²) in [5.74, 6) is -2.08. The summed E-state index contributed by atoms with van der Waals surface area (Å²) in [5, 5.41) is 10.6. The standard InChI is InChI=1S/C22H19ClN2O5S2/c23-9-3-1-8(2-4-9)13-14-10-7-11(17(14)31-19-18(13)32-22(30)24-19)16-15(10)20(28)25(21(16)29)6-5-12(26)27/h1-4,10-11,13-17H,5-7H2,(H,24,30)(H,26,27)/t10?,11?,13-,14?,15?,16?,17?/m1/s1. The van der Waals surface area contributed by atoms with Crippen LogP contribution in [-0.2, 0) is 14.4 Å². The Bertz CT molecular complexity index is 1210. The number of fused-ring (bicyclic) bond motifs is 9. The first-order chi connectivity index (χ1) is 15.3. The molecule has 2 bridgehead atoms. The maximum atomic E-state index is 13.2. The fourth-order valence-corrected chi connectivity index (χ4v) is 9.56. The molecule has 7 atom stereocenters. The Morgan fingerprint density at radius 3 is 2.50 bits per heavy atom. The van der Waals surface area contributed by atoms with Gasteiger partial charge in [0.2, 0.25) is 11.8 Å². The van der Waals surface area contributed by atoms with Gasteiger partial charge in [0.15, 0.2) is 0 Å². The number of H-pyrrole nitrogens is 1. The van der Waals surface area contributed by atoms with Crippen molar-refractivity contribution in [3.05, 3.63) is 49.4 Å². The van der Waals surface area contributed by atoms with Crippen molar-refractivity contribution in [1.82, 2.24) is 9.88 Å². The Hall–Kier alpha value is -2.10. The summed E-state index contributed by atoms with van der Waals surface area (Å²) in [6.45, 7) is -0.0663. The Balaban J connectivity index is 1.41. The van der Waals surface area contributed by atoms with Gasteiger partial charge in [0.25, 0.3) is 0 Å². The first-order valence-corrected chi connectivity index (χ1v) is 12.6. The molecule has 1 saturated heterocycles. The van der Waals surface area contributed by atoms with E-state index >= 15 is 0 Å². The molecule has 10 heteroatoms. The lowest BCUT2D eigenvalue weighted by Crippen LogP contribution is -2.42. The number of carbonyl (C=O) groups excluding carboxylic acids is 2. The van der Waals surface area contributed by atoms with Gasteiger partial charge >= 0.3 is 10.8 Å². The fraction of sp³-hybridized carbons (Fsp3) is 0.455. The van der Waals surface area contributed by atoms with Crippen LogP contribution in [0.4, 0.5) is 0 Å². The molecule has 2 aliphatic carbocycles. The Morgan fingerprint density at radius 1 is 1.12 bits per heavy atom. The van der Waals surface area contributed by atoms with Crippen LogP contribution in [0.25, 0.3) is 0 Å². The quantitative estimate of drug-likeness (QED) is 0.638. The van der Waals surface area contributed by atoms with E-state index in [4.69, 9.17) is 16.7 Å². The van der Waals surface area contributed by atoms with E-state index < -0.39 is 11.9 Å². The zero-order valence-electron chi connectivity index (χ0n) is 16.7. The van der Waals surface area contributed by atoms with Crippen molar-refractivity contribution in [2.45, 2.75) is 29.0 Å². The molecule has 2 N–H and O–H groups in total. The second kappa shape index (κ2) is 7.20. The van der Waals surface area contributed by atoms with E-state index in [1.807, 2.05) is 24.3 Å². The molecule has 6 unspecified atom stereocenters. The van der Waals surface area contributed by atoms with Crippen molar-refractivity contribution in [2.75, 3.05) is 6.54 Å². The van der Waals surface area contributed by atoms with Crippen molar-refractivity contribution in [3.8, 4) is 0 Å². The summed E-state index contributed by atoms with van der Waals surface area (Å²) in [6, 6.07) is 7.66. The molecule has 2 aliphatic heterocycles. The van der Waals surface area contributed by atoms with E-state index in [0.29, 0.717) is 5.02 Å². The third-order valence-corrected chi connectivity index (χ3v) is 10.4. The first kappa shape index (κ1) is 20.5. The monoisotopic (exact) mass is 490 g/mol. The van der Waals surface area contributed by atoms with E-state index in [0.717, 1.165) is 21.9 Å². The molecule has 3 heterocycles. The van der Waals surface area contributed by atoms with Crippen molar-refractivity contribution in [3.63, 3.8) is 0 Å². The molecule has 1 aromatic heterocycles. The Kier molecular flexibility index (Phi) is 4.61. The lowest BCUT2D eigenvalue weighted by molar-refractivity contribution is -0.142. The number of imide groups is 1. The van der Waals surface area contributed by atoms with Crippen LogP contribution < -0.4 is 4.87 Å². The number of carboxylic acids is 1. The van der Waals surface area contributed by atoms with Gasteiger partial charge < -0.3 is 10.1 Å². The minimum Gasteiger partial charge on any atom is -0.481 e. The van der Waals surface area contributed by atoms with Crippen molar-refractivity contribution >= 4 is 52.5 Å². The van der Waals surface area contributed by atoms with Crippen LogP contribution in [-0.4, -0.2) is 44.6 Å². The van der Waals surface area contributed by atoms with E-state index in [1.54, 1.807) is 11.8 Å². The molecule has 2 amide bonds. The summed E-state index contributed by atoms with van der Waals surface area (Å²) in [5.41, 5.74) is 1.06. The number of hydrogen-bond donors (Lipinski definition) is 2. The molecular formula is C22H19ClN2O5S2. The molecule has 6 rings (SSSR count). The van der Waals surface area contributed by atoms with Crippen LogP contribution in [0.5, 0.6) is 0 Å². The average Bonchev–Trinajstić information content (AvgIpc) is 3.47. The predicted molar refractivity (Wildman–Crippen MR) is 119 cm³/mol. The van der Waals surface area contributed by atoms with E-state index in [9.17, 15) is 19.2 Å². The average molecular weight is 491 g/mol. The van der Waals surface area contributed by atoms with Crippen molar-refractivity contribution in [2.24, 2.45) is 29.6 Å². The van der Waals surface area contributed by atoms with Crippen molar-refractivity contribution in [1.29, 1.82) is 0 Å². The molecule has 3 fully saturated rings. The SMILES string of the molecule is O=C(O)CCN1C(=O)C2C3CC(C2C1=O)C1C3Sc2[nH]c(=O)sc2[C@@H]1c1ccc(Cl)cc1. The summed E-state index contributed by atoms with van der Waals surface area (Å²) in [6.07, 6.45) is 0.574. The smallest absolute Gasteiger partial charge is 0.305 e. The van der Waals surface area contributed by atoms with Crippen LogP contribution in [0.1, 0.15) is 29.2 Å². The van der Waals surface area contributed by atoms with Gasteiger partial charge in [0.05, 0.1) is 23.3 Å². The summed E-state index contributed by atoms with van der Waals surface area (Å²) in [7, 11) is 0. The zero-order valence-corrected chi connectivity index (χ0v) is 19.1. The summed E-state index contributed by atoms with van der Waals surface area (Å²) in [4.78, 5) is 54.7. The number of rotatable bonds is 4. The van der Waals surface area contributed by atoms with Crippen LogP contribution in [0.3, 0.4) is 0 Å². The van der Waals surface area contributed by atoms with E-state index in [-0.39, 0.29) is 64.5 Å². The zero-order chi connectivity index (χ0) is 22.3. The van der Waals surface area contributed by atoms with Crippen LogP contribution in [0.15, 0.2) is 34.1 Å². The number of likely N-dealkylation sites (tertiary alicyclic amines) is 1. The summed E-state index contributed by atoms with van der Waals surface area (Å²) >= 11 is 8.98. The lowest BCUT2D eigenvalue weighted by atomic mass is 9.68. The number of aromatic amines is 1. The molecule has 0 radical (unpaired) electrons. The predicted octanol–water partition coefficient (Wildman–Crippen LogP) is 3.04. The third-order valence-electron chi connectivity index (χ3n) is 7.59. The van der Waals surface area contributed by atoms with Gasteiger partial charge in [-0.1, -0.05) is 35.1 Å². The number of thiazole rings is 1. The highest BCUT2D eigenvalue weighted by molar-refractivity contribution is 8.00. The van der Waals surface area contributed by atoms with Gasteiger partial charge in [-0.2, -0.15) is 0 Å². The number of amides is 2. The minimum atomic E-state index is -1.02. The maximum absolute atomic E-state index is 13.2. The van der Waals surface area contributed by atoms with Gasteiger partial charge in [-0.05, 0) is 41.9 Å². The Morgan fingerprint density at radius 2 is 1.81 bits per heavy atom. The molecule has 0 spiro atoms. The largest absolute Gasteiger partial charge is 0.481 e. The molecular weight excluding hydrogens is 472 g/mol. The van der Waals surface area contributed by atoms with Gasteiger partial charge in [-0.25, -0.2) is 0 Å². The molecule has 32 heavy (non-hydrogen) atoms. The Labute approximate surface area is 196 Å². The normalized spacial score (nSPS) is 34.5. The molecule has 7 nitrogen and oxygen atoms in total. The highest BCUT2D eigenvalue weighted by Gasteiger charge is 2.69. The maximum Gasteiger partial charge on any atom is 0.305 e. The molecule has 2 aromatic rings. The van der Waals surface area contributed by atoms with Crippen LogP contribution in [0, 0.1) is 29.6 Å². The van der Waals surface area contributed by atoms with Crippen LogP contribution >= 0.6 is 34.7 Å². The number of thioether (sulfide) groups is 1. The molecule has 1 aromatic carbocycles. The summed E-state index contributed by atoms with van der Waals surface area (Å²) < 4.78 is 0. The highest BCUT2D eigenvalue weighted by atomic mass is 35.5. The van der Waals surface area contributed by atoms with Crippen molar-refractivity contribution < 1.29 is 19.5 Å². The molecule has 2 saturated carbocycles. The first-order valence-electron chi connectivity index (χ1n) is 10.6. The number of hydrogen-bond acceptors (Lipinski definition) is 6. The number of carbonyl (C=O) groups is 3. The van der Waals surface area contributed by atoms with Crippen LogP contribution in [0.2, 0.25) is 5.02 Å². The fourth-order valence-electron chi connectivity index (χ4n) is 6.55. The van der Waals surface area contributed by atoms with E-state index in [2.05, 4.69) is 4.98 Å². The number of halogens is 1.